The molecule has 0 atom stereocenters. The maximum Gasteiger partial charge on any atom is 0.254 e. The third-order valence-electron chi connectivity index (χ3n) is 2.67. The predicted octanol–water partition coefficient (Wildman–Crippen LogP) is 4.16. The Hall–Kier alpha value is -0.790. The highest BCUT2D eigenvalue weighted by atomic mass is 127. The molecule has 1 amide bonds. The SMILES string of the molecule is CN(CCOc1ccc(Cl)cc1)C(=O)c1csc(I)c1. The number of halogens is 2. The molecule has 1 aromatic heterocycles. The molecule has 2 rings (SSSR count). The summed E-state index contributed by atoms with van der Waals surface area (Å²) in [5.74, 6) is 0.768. The Kier molecular flexibility index (Phi) is 5.68. The van der Waals surface area contributed by atoms with E-state index in [0.29, 0.717) is 18.2 Å². The molecule has 1 aromatic carbocycles. The zero-order valence-corrected chi connectivity index (χ0v) is 14.5. The number of hydrogen-bond donors (Lipinski definition) is 0. The standard InChI is InChI=1S/C14H13ClINO2S/c1-17(14(18)10-8-13(16)20-9-10)6-7-19-12-4-2-11(15)3-5-12/h2-5,8-9H,6-7H2,1H3. The first kappa shape index (κ1) is 15.6. The van der Waals surface area contributed by atoms with Gasteiger partial charge in [0, 0.05) is 17.5 Å². The summed E-state index contributed by atoms with van der Waals surface area (Å²) in [5.41, 5.74) is 0.730. The molecule has 0 saturated heterocycles. The van der Waals surface area contributed by atoms with Gasteiger partial charge in [-0.2, -0.15) is 0 Å². The van der Waals surface area contributed by atoms with Gasteiger partial charge in [0.2, 0.25) is 0 Å². The number of rotatable bonds is 5. The van der Waals surface area contributed by atoms with Crippen molar-refractivity contribution < 1.29 is 9.53 Å². The number of thiophene rings is 1. The number of carbonyl (C=O) groups excluding carboxylic acids is 1. The minimum absolute atomic E-state index is 0.0175. The lowest BCUT2D eigenvalue weighted by Crippen LogP contribution is -2.30. The zero-order chi connectivity index (χ0) is 14.5. The van der Waals surface area contributed by atoms with E-state index in [9.17, 15) is 4.79 Å². The minimum atomic E-state index is 0.0175. The smallest absolute Gasteiger partial charge is 0.254 e. The summed E-state index contributed by atoms with van der Waals surface area (Å²) in [7, 11) is 1.78. The van der Waals surface area contributed by atoms with Crippen LogP contribution in [0, 0.1) is 2.88 Å². The zero-order valence-electron chi connectivity index (χ0n) is 10.8. The quantitative estimate of drug-likeness (QED) is 0.679. The molecule has 0 unspecified atom stereocenters. The van der Waals surface area contributed by atoms with E-state index in [1.165, 1.54) is 0 Å². The molecular weight excluding hydrogens is 409 g/mol. The van der Waals surface area contributed by atoms with Crippen LogP contribution in [0.25, 0.3) is 0 Å². The fraction of sp³-hybridized carbons (Fsp3) is 0.214. The molecule has 106 valence electrons. The number of hydrogen-bond acceptors (Lipinski definition) is 3. The molecule has 0 bridgehead atoms. The van der Waals surface area contributed by atoms with E-state index in [1.807, 2.05) is 23.6 Å². The van der Waals surface area contributed by atoms with Gasteiger partial charge in [-0.15, -0.1) is 11.3 Å². The highest BCUT2D eigenvalue weighted by molar-refractivity contribution is 14.1. The van der Waals surface area contributed by atoms with E-state index < -0.39 is 0 Å². The average molecular weight is 422 g/mol. The Morgan fingerprint density at radius 2 is 2.10 bits per heavy atom. The van der Waals surface area contributed by atoms with E-state index >= 15 is 0 Å². The van der Waals surface area contributed by atoms with Gasteiger partial charge in [-0.05, 0) is 52.9 Å². The monoisotopic (exact) mass is 421 g/mol. The van der Waals surface area contributed by atoms with Crippen molar-refractivity contribution in [2.75, 3.05) is 20.2 Å². The fourth-order valence-electron chi connectivity index (χ4n) is 1.58. The molecule has 0 saturated carbocycles. The Labute approximate surface area is 140 Å². The molecule has 6 heteroatoms. The number of ether oxygens (including phenoxy) is 1. The lowest BCUT2D eigenvalue weighted by Gasteiger charge is -2.16. The van der Waals surface area contributed by atoms with Crippen molar-refractivity contribution in [2.45, 2.75) is 0 Å². The van der Waals surface area contributed by atoms with Gasteiger partial charge in [0.05, 0.1) is 15.0 Å². The molecule has 0 N–H and O–H groups in total. The Morgan fingerprint density at radius 3 is 2.70 bits per heavy atom. The first-order chi connectivity index (χ1) is 9.56. The summed E-state index contributed by atoms with van der Waals surface area (Å²) in [6.07, 6.45) is 0. The van der Waals surface area contributed by atoms with Crippen LogP contribution in [0.1, 0.15) is 10.4 Å². The van der Waals surface area contributed by atoms with Gasteiger partial charge in [0.15, 0.2) is 0 Å². The van der Waals surface area contributed by atoms with Gasteiger partial charge in [0.25, 0.3) is 5.91 Å². The van der Waals surface area contributed by atoms with Crippen LogP contribution in [0.4, 0.5) is 0 Å². The third-order valence-corrected chi connectivity index (χ3v) is 4.71. The van der Waals surface area contributed by atoms with Crippen molar-refractivity contribution in [3.8, 4) is 5.75 Å². The van der Waals surface area contributed by atoms with Crippen LogP contribution >= 0.6 is 45.5 Å². The first-order valence-corrected chi connectivity index (χ1v) is 8.28. The van der Waals surface area contributed by atoms with Crippen molar-refractivity contribution in [3.05, 3.63) is 49.2 Å². The molecule has 0 aliphatic carbocycles. The summed E-state index contributed by atoms with van der Waals surface area (Å²) in [5, 5.41) is 2.55. The Morgan fingerprint density at radius 1 is 1.40 bits per heavy atom. The van der Waals surface area contributed by atoms with Crippen molar-refractivity contribution in [1.29, 1.82) is 0 Å². The number of carbonyl (C=O) groups is 1. The lowest BCUT2D eigenvalue weighted by molar-refractivity contribution is 0.0774. The van der Waals surface area contributed by atoms with Crippen LogP contribution < -0.4 is 4.74 Å². The van der Waals surface area contributed by atoms with Crippen molar-refractivity contribution in [3.63, 3.8) is 0 Å². The van der Waals surface area contributed by atoms with Gasteiger partial charge in [-0.3, -0.25) is 4.79 Å². The van der Waals surface area contributed by atoms with Gasteiger partial charge >= 0.3 is 0 Å². The van der Waals surface area contributed by atoms with Crippen molar-refractivity contribution in [2.24, 2.45) is 0 Å². The molecule has 1 heterocycles. The maximum absolute atomic E-state index is 12.1. The molecule has 0 radical (unpaired) electrons. The summed E-state index contributed by atoms with van der Waals surface area (Å²) < 4.78 is 6.68. The van der Waals surface area contributed by atoms with Crippen LogP contribution in [0.15, 0.2) is 35.7 Å². The number of benzene rings is 1. The van der Waals surface area contributed by atoms with Crippen LogP contribution in [-0.2, 0) is 0 Å². The predicted molar refractivity (Wildman–Crippen MR) is 90.9 cm³/mol. The lowest BCUT2D eigenvalue weighted by atomic mass is 10.3. The molecule has 0 fully saturated rings. The molecule has 20 heavy (non-hydrogen) atoms. The van der Waals surface area contributed by atoms with Gasteiger partial charge < -0.3 is 9.64 Å². The van der Waals surface area contributed by atoms with Crippen LogP contribution in [0.2, 0.25) is 5.02 Å². The largest absolute Gasteiger partial charge is 0.492 e. The molecule has 0 aliphatic rings. The number of nitrogens with zero attached hydrogens (tertiary/aromatic N) is 1. The van der Waals surface area contributed by atoms with E-state index in [0.717, 1.165) is 14.2 Å². The maximum atomic E-state index is 12.1. The summed E-state index contributed by atoms with van der Waals surface area (Å²) in [4.78, 5) is 13.8. The van der Waals surface area contributed by atoms with Crippen molar-refractivity contribution >= 4 is 51.4 Å². The van der Waals surface area contributed by atoms with E-state index in [4.69, 9.17) is 16.3 Å². The number of likely N-dealkylation sites (N-methyl/N-ethyl adjacent to an activating group) is 1. The van der Waals surface area contributed by atoms with Crippen LogP contribution in [-0.4, -0.2) is 31.0 Å². The minimum Gasteiger partial charge on any atom is -0.492 e. The second-order valence-electron chi connectivity index (χ2n) is 4.17. The average Bonchev–Trinajstić information content (AvgIpc) is 2.86. The fourth-order valence-corrected chi connectivity index (χ4v) is 3.02. The second-order valence-corrected chi connectivity index (χ2v) is 7.41. The summed E-state index contributed by atoms with van der Waals surface area (Å²) >= 11 is 9.58. The van der Waals surface area contributed by atoms with Crippen molar-refractivity contribution in [1.82, 2.24) is 4.90 Å². The first-order valence-electron chi connectivity index (χ1n) is 5.94. The van der Waals surface area contributed by atoms with Gasteiger partial charge in [-0.1, -0.05) is 11.6 Å². The summed E-state index contributed by atoms with van der Waals surface area (Å²) in [6.45, 7) is 0.985. The highest BCUT2D eigenvalue weighted by Crippen LogP contribution is 2.18. The van der Waals surface area contributed by atoms with E-state index in [1.54, 1.807) is 35.4 Å². The number of amides is 1. The Bertz CT molecular complexity index is 585. The van der Waals surface area contributed by atoms with E-state index in [2.05, 4.69) is 22.6 Å². The normalized spacial score (nSPS) is 10.3. The molecule has 2 aromatic rings. The second kappa shape index (κ2) is 7.28. The van der Waals surface area contributed by atoms with E-state index in [-0.39, 0.29) is 5.91 Å². The highest BCUT2D eigenvalue weighted by Gasteiger charge is 2.13. The topological polar surface area (TPSA) is 29.5 Å². The van der Waals surface area contributed by atoms with Gasteiger partial charge in [-0.25, -0.2) is 0 Å². The molecule has 0 spiro atoms. The molecule has 3 nitrogen and oxygen atoms in total. The van der Waals surface area contributed by atoms with Gasteiger partial charge in [0.1, 0.15) is 12.4 Å². The molecular formula is C14H13ClINO2S. The third kappa shape index (κ3) is 4.36. The Balaban J connectivity index is 1.81. The molecule has 0 aliphatic heterocycles. The summed E-state index contributed by atoms with van der Waals surface area (Å²) in [6, 6.07) is 9.07. The van der Waals surface area contributed by atoms with Crippen LogP contribution in [0.5, 0.6) is 5.75 Å². The van der Waals surface area contributed by atoms with Crippen LogP contribution in [0.3, 0.4) is 0 Å².